The van der Waals surface area contributed by atoms with Crippen LogP contribution < -0.4 is 0 Å². The number of epoxide rings is 1. The Balaban J connectivity index is 1.92. The zero-order chi connectivity index (χ0) is 13.8. The first-order valence-electron chi connectivity index (χ1n) is 6.84. The first-order valence-corrected chi connectivity index (χ1v) is 6.84. The fourth-order valence-electron chi connectivity index (χ4n) is 3.31. The van der Waals surface area contributed by atoms with Crippen LogP contribution in [0, 0.1) is 5.92 Å². The molecular formula is C15H20O4. The highest BCUT2D eigenvalue weighted by molar-refractivity contribution is 5.91. The van der Waals surface area contributed by atoms with Crippen molar-refractivity contribution < 1.29 is 19.4 Å². The van der Waals surface area contributed by atoms with Gasteiger partial charge in [-0.3, -0.25) is 0 Å². The lowest BCUT2D eigenvalue weighted by Gasteiger charge is -2.24. The Morgan fingerprint density at radius 3 is 3.00 bits per heavy atom. The van der Waals surface area contributed by atoms with Crippen molar-refractivity contribution in [3.8, 4) is 0 Å². The second-order valence-corrected chi connectivity index (χ2v) is 6.16. The summed E-state index contributed by atoms with van der Waals surface area (Å²) in [4.78, 5) is 11.7. The average Bonchev–Trinajstić information content (AvgIpc) is 2.87. The highest BCUT2D eigenvalue weighted by Gasteiger charge is 2.56. The van der Waals surface area contributed by atoms with Gasteiger partial charge >= 0.3 is 5.97 Å². The third-order valence-electron chi connectivity index (χ3n) is 4.59. The minimum Gasteiger partial charge on any atom is -0.458 e. The normalized spacial score (nSPS) is 48.7. The van der Waals surface area contributed by atoms with Gasteiger partial charge in [0.2, 0.25) is 0 Å². The summed E-state index contributed by atoms with van der Waals surface area (Å²) >= 11 is 0. The van der Waals surface area contributed by atoms with Crippen LogP contribution in [0.3, 0.4) is 0 Å². The highest BCUT2D eigenvalue weighted by atomic mass is 16.6. The molecule has 0 aromatic rings. The standard InChI is InChI=1S/C15H20O4/c1-8-4-5-12-15(3,19-12)7-11-13(10(16)6-8)9(2)14(17)18-11/h6,10-13,16H,2,4-5,7H2,1,3H3/b8-6+/t10-,11-,12+,13+,15+/m0/s1. The highest BCUT2D eigenvalue weighted by Crippen LogP contribution is 2.47. The summed E-state index contributed by atoms with van der Waals surface area (Å²) in [6.45, 7) is 7.83. The van der Waals surface area contributed by atoms with E-state index >= 15 is 0 Å². The summed E-state index contributed by atoms with van der Waals surface area (Å²) in [5.74, 6) is -0.734. The van der Waals surface area contributed by atoms with Crippen molar-refractivity contribution in [1.82, 2.24) is 0 Å². The first-order chi connectivity index (χ1) is 8.90. The van der Waals surface area contributed by atoms with Crippen LogP contribution in [0.4, 0.5) is 0 Å². The molecule has 0 unspecified atom stereocenters. The van der Waals surface area contributed by atoms with Gasteiger partial charge in [0.05, 0.1) is 23.7 Å². The summed E-state index contributed by atoms with van der Waals surface area (Å²) in [5.41, 5.74) is 1.28. The molecule has 0 spiro atoms. The molecule has 1 N–H and O–H groups in total. The molecule has 0 aromatic heterocycles. The van der Waals surface area contributed by atoms with E-state index < -0.39 is 6.10 Å². The van der Waals surface area contributed by atoms with E-state index in [1.807, 2.05) is 13.0 Å². The molecule has 3 rings (SSSR count). The maximum atomic E-state index is 11.7. The van der Waals surface area contributed by atoms with Gasteiger partial charge in [0.25, 0.3) is 0 Å². The SMILES string of the molecule is C=C1C(=O)O[C@H]2C[C@@]3(C)O[C@@H]3CC/C(C)=C/[C@H](O)[C@@H]12. The largest absolute Gasteiger partial charge is 0.458 e. The summed E-state index contributed by atoms with van der Waals surface area (Å²) in [5, 5.41) is 10.3. The van der Waals surface area contributed by atoms with Gasteiger partial charge in [0.1, 0.15) is 6.10 Å². The van der Waals surface area contributed by atoms with Crippen molar-refractivity contribution in [2.45, 2.75) is 57.0 Å². The molecule has 1 aliphatic carbocycles. The first kappa shape index (κ1) is 12.9. The van der Waals surface area contributed by atoms with E-state index in [1.54, 1.807) is 0 Å². The van der Waals surface area contributed by atoms with Crippen molar-refractivity contribution in [3.63, 3.8) is 0 Å². The molecule has 4 heteroatoms. The fourth-order valence-corrected chi connectivity index (χ4v) is 3.31. The van der Waals surface area contributed by atoms with E-state index in [0.717, 1.165) is 18.4 Å². The van der Waals surface area contributed by atoms with Crippen LogP contribution in [0.2, 0.25) is 0 Å². The van der Waals surface area contributed by atoms with E-state index in [1.165, 1.54) is 0 Å². The smallest absolute Gasteiger partial charge is 0.334 e. The summed E-state index contributed by atoms with van der Waals surface area (Å²) in [7, 11) is 0. The van der Waals surface area contributed by atoms with Crippen LogP contribution in [-0.4, -0.2) is 35.0 Å². The molecule has 5 atom stereocenters. The molecule has 19 heavy (non-hydrogen) atoms. The topological polar surface area (TPSA) is 59.1 Å². The van der Waals surface area contributed by atoms with Crippen molar-refractivity contribution in [2.24, 2.45) is 5.92 Å². The Bertz CT molecular complexity index is 467. The summed E-state index contributed by atoms with van der Waals surface area (Å²) in [6.07, 6.45) is 3.54. The lowest BCUT2D eigenvalue weighted by Crippen LogP contribution is -2.32. The lowest BCUT2D eigenvalue weighted by molar-refractivity contribution is -0.140. The molecule has 0 bridgehead atoms. The third-order valence-corrected chi connectivity index (χ3v) is 4.59. The minimum atomic E-state index is -0.706. The molecule has 2 aliphatic heterocycles. The van der Waals surface area contributed by atoms with Crippen molar-refractivity contribution in [3.05, 3.63) is 23.8 Å². The van der Waals surface area contributed by atoms with Gasteiger partial charge in [-0.2, -0.15) is 0 Å². The van der Waals surface area contributed by atoms with Crippen molar-refractivity contribution >= 4 is 5.97 Å². The third kappa shape index (κ3) is 2.13. The van der Waals surface area contributed by atoms with Gasteiger partial charge in [-0.05, 0) is 26.7 Å². The number of aliphatic hydroxyl groups excluding tert-OH is 1. The van der Waals surface area contributed by atoms with Crippen LogP contribution in [0.15, 0.2) is 23.8 Å². The van der Waals surface area contributed by atoms with Gasteiger partial charge < -0.3 is 14.6 Å². The minimum absolute atomic E-state index is 0.217. The summed E-state index contributed by atoms with van der Waals surface area (Å²) in [6, 6.07) is 0. The van der Waals surface area contributed by atoms with E-state index in [2.05, 4.69) is 13.5 Å². The Labute approximate surface area is 113 Å². The molecule has 3 aliphatic rings. The van der Waals surface area contributed by atoms with Gasteiger partial charge in [-0.25, -0.2) is 4.79 Å². The predicted molar refractivity (Wildman–Crippen MR) is 69.4 cm³/mol. The van der Waals surface area contributed by atoms with Crippen LogP contribution in [-0.2, 0) is 14.3 Å². The fraction of sp³-hybridized carbons (Fsp3) is 0.667. The van der Waals surface area contributed by atoms with Crippen molar-refractivity contribution in [2.75, 3.05) is 0 Å². The van der Waals surface area contributed by atoms with Crippen LogP contribution in [0.5, 0.6) is 0 Å². The number of aliphatic hydroxyl groups is 1. The molecule has 2 saturated heterocycles. The number of fused-ring (bicyclic) bond motifs is 2. The zero-order valence-electron chi connectivity index (χ0n) is 11.4. The number of hydrogen-bond acceptors (Lipinski definition) is 4. The summed E-state index contributed by atoms with van der Waals surface area (Å²) < 4.78 is 11.1. The van der Waals surface area contributed by atoms with Gasteiger partial charge in [0.15, 0.2) is 0 Å². The second kappa shape index (κ2) is 4.18. The molecule has 0 radical (unpaired) electrons. The number of esters is 1. The molecule has 0 saturated carbocycles. The van der Waals surface area contributed by atoms with Crippen molar-refractivity contribution in [1.29, 1.82) is 0 Å². The molecule has 4 nitrogen and oxygen atoms in total. The molecular weight excluding hydrogens is 244 g/mol. The Hall–Kier alpha value is -1.13. The molecule has 2 fully saturated rings. The number of hydrogen-bond donors (Lipinski definition) is 1. The van der Waals surface area contributed by atoms with Gasteiger partial charge in [-0.15, -0.1) is 0 Å². The van der Waals surface area contributed by atoms with E-state index in [9.17, 15) is 9.90 Å². The number of allylic oxidation sites excluding steroid dienone is 1. The van der Waals surface area contributed by atoms with Gasteiger partial charge in [-0.1, -0.05) is 18.2 Å². The number of ether oxygens (including phenoxy) is 2. The van der Waals surface area contributed by atoms with E-state index in [-0.39, 0.29) is 29.7 Å². The number of carbonyl (C=O) groups is 1. The Morgan fingerprint density at radius 2 is 2.26 bits per heavy atom. The monoisotopic (exact) mass is 264 g/mol. The Kier molecular flexibility index (Phi) is 2.84. The van der Waals surface area contributed by atoms with E-state index in [0.29, 0.717) is 12.0 Å². The molecule has 104 valence electrons. The van der Waals surface area contributed by atoms with Crippen LogP contribution >= 0.6 is 0 Å². The van der Waals surface area contributed by atoms with Crippen LogP contribution in [0.1, 0.15) is 33.1 Å². The number of rotatable bonds is 0. The molecule has 0 amide bonds. The quantitative estimate of drug-likeness (QED) is 0.313. The maximum absolute atomic E-state index is 11.7. The molecule has 0 aromatic carbocycles. The number of carbonyl (C=O) groups excluding carboxylic acids is 1. The van der Waals surface area contributed by atoms with Crippen LogP contribution in [0.25, 0.3) is 0 Å². The molecule has 2 heterocycles. The Morgan fingerprint density at radius 1 is 1.53 bits per heavy atom. The van der Waals surface area contributed by atoms with Gasteiger partial charge in [0, 0.05) is 12.0 Å². The maximum Gasteiger partial charge on any atom is 0.334 e. The second-order valence-electron chi connectivity index (χ2n) is 6.16. The van der Waals surface area contributed by atoms with E-state index in [4.69, 9.17) is 9.47 Å². The zero-order valence-corrected chi connectivity index (χ0v) is 11.4. The lowest BCUT2D eigenvalue weighted by atomic mass is 9.83. The predicted octanol–water partition coefficient (Wildman–Crippen LogP) is 1.73. The average molecular weight is 264 g/mol.